The minimum absolute atomic E-state index is 0.0797. The van der Waals surface area contributed by atoms with Crippen molar-refractivity contribution < 1.29 is 21.9 Å². The van der Waals surface area contributed by atoms with Crippen LogP contribution in [0.4, 0.5) is 11.4 Å². The minimum atomic E-state index is -3.91. The van der Waals surface area contributed by atoms with Gasteiger partial charge in [-0.2, -0.15) is 0 Å². The van der Waals surface area contributed by atoms with Gasteiger partial charge >= 0.3 is 0 Å². The van der Waals surface area contributed by atoms with Crippen molar-refractivity contribution in [2.75, 3.05) is 22.7 Å². The SMILES string of the molecule is Cc1cc(C)c(O)c(S(=O)(=O)Nc2c(C)cc(C)c(N3CCCCC3)c2C)c1.NS(=O)(=O)c1ccccc1. The molecule has 0 aliphatic carbocycles. The number of phenols is 1. The van der Waals surface area contributed by atoms with Crippen LogP contribution in [0.3, 0.4) is 0 Å². The smallest absolute Gasteiger partial charge is 0.265 e. The summed E-state index contributed by atoms with van der Waals surface area (Å²) in [6.07, 6.45) is 3.56. The maximum atomic E-state index is 13.1. The second-order valence-electron chi connectivity index (χ2n) is 9.80. The molecule has 0 aromatic heterocycles. The number of aryl methyl sites for hydroxylation is 4. The van der Waals surface area contributed by atoms with E-state index in [0.717, 1.165) is 53.9 Å². The third kappa shape index (κ3) is 6.86. The van der Waals surface area contributed by atoms with E-state index in [2.05, 4.69) is 16.5 Å². The number of primary sulfonamides is 1. The summed E-state index contributed by atoms with van der Waals surface area (Å²) in [5, 5.41) is 15.2. The van der Waals surface area contributed by atoms with Crippen LogP contribution in [0.1, 0.15) is 47.1 Å². The summed E-state index contributed by atoms with van der Waals surface area (Å²) in [5.41, 5.74) is 6.04. The number of hydrogen-bond acceptors (Lipinski definition) is 6. The molecule has 0 unspecified atom stereocenters. The predicted molar refractivity (Wildman–Crippen MR) is 153 cm³/mol. The third-order valence-corrected chi connectivity index (χ3v) is 8.90. The van der Waals surface area contributed by atoms with Crippen LogP contribution in [0.15, 0.2) is 58.3 Å². The second kappa shape index (κ2) is 11.8. The van der Waals surface area contributed by atoms with Crippen molar-refractivity contribution in [1.82, 2.24) is 0 Å². The molecule has 0 amide bonds. The molecule has 4 N–H and O–H groups in total. The van der Waals surface area contributed by atoms with Crippen LogP contribution in [0, 0.1) is 34.6 Å². The van der Waals surface area contributed by atoms with E-state index in [0.29, 0.717) is 11.3 Å². The van der Waals surface area contributed by atoms with Gasteiger partial charge < -0.3 is 10.0 Å². The van der Waals surface area contributed by atoms with Crippen LogP contribution in [-0.4, -0.2) is 35.0 Å². The zero-order valence-electron chi connectivity index (χ0n) is 22.6. The summed E-state index contributed by atoms with van der Waals surface area (Å²) >= 11 is 0. The summed E-state index contributed by atoms with van der Waals surface area (Å²) in [5.74, 6) is -0.197. The maximum Gasteiger partial charge on any atom is 0.265 e. The number of anilines is 2. The van der Waals surface area contributed by atoms with E-state index in [-0.39, 0.29) is 15.5 Å². The quantitative estimate of drug-likeness (QED) is 0.401. The highest BCUT2D eigenvalue weighted by Crippen LogP contribution is 2.37. The number of aromatic hydroxyl groups is 1. The number of piperidine rings is 1. The first-order chi connectivity index (χ1) is 17.7. The first-order valence-corrected chi connectivity index (χ1v) is 15.5. The molecular weight excluding hydrogens is 522 g/mol. The molecule has 38 heavy (non-hydrogen) atoms. The molecule has 0 spiro atoms. The second-order valence-corrected chi connectivity index (χ2v) is 13.0. The number of nitrogens with zero attached hydrogens (tertiary/aromatic N) is 1. The van der Waals surface area contributed by atoms with Crippen LogP contribution in [0.25, 0.3) is 0 Å². The van der Waals surface area contributed by atoms with Gasteiger partial charge in [0.15, 0.2) is 0 Å². The Morgan fingerprint density at radius 3 is 1.97 bits per heavy atom. The van der Waals surface area contributed by atoms with Gasteiger partial charge in [0, 0.05) is 18.8 Å². The van der Waals surface area contributed by atoms with Gasteiger partial charge in [-0.1, -0.05) is 30.3 Å². The molecule has 206 valence electrons. The highest BCUT2D eigenvalue weighted by Gasteiger charge is 2.25. The average molecular weight is 560 g/mol. The van der Waals surface area contributed by atoms with E-state index < -0.39 is 20.0 Å². The highest BCUT2D eigenvalue weighted by molar-refractivity contribution is 7.92. The third-order valence-electron chi connectivity index (χ3n) is 6.61. The number of hydrogen-bond donors (Lipinski definition) is 3. The van der Waals surface area contributed by atoms with E-state index >= 15 is 0 Å². The zero-order chi connectivity index (χ0) is 28.3. The van der Waals surface area contributed by atoms with Crippen molar-refractivity contribution in [3.63, 3.8) is 0 Å². The Hall–Kier alpha value is -3.08. The first-order valence-electron chi connectivity index (χ1n) is 12.5. The number of rotatable bonds is 5. The topological polar surface area (TPSA) is 130 Å². The lowest BCUT2D eigenvalue weighted by atomic mass is 9.99. The molecule has 10 heteroatoms. The van der Waals surface area contributed by atoms with Gasteiger partial charge in [0.1, 0.15) is 10.6 Å². The Balaban J connectivity index is 0.000000336. The van der Waals surface area contributed by atoms with Crippen molar-refractivity contribution >= 4 is 31.4 Å². The number of sulfonamides is 2. The molecule has 1 heterocycles. The van der Waals surface area contributed by atoms with Gasteiger partial charge in [-0.15, -0.1) is 0 Å². The Labute approximate surface area is 226 Å². The Morgan fingerprint density at radius 2 is 1.42 bits per heavy atom. The number of nitrogens with one attached hydrogen (secondary N) is 1. The summed E-state index contributed by atoms with van der Waals surface area (Å²) in [7, 11) is -7.42. The van der Waals surface area contributed by atoms with Crippen LogP contribution >= 0.6 is 0 Å². The fourth-order valence-corrected chi connectivity index (χ4v) is 6.85. The molecule has 0 saturated carbocycles. The lowest BCUT2D eigenvalue weighted by Gasteiger charge is -2.33. The first kappa shape index (κ1) is 29.5. The molecule has 0 radical (unpaired) electrons. The monoisotopic (exact) mass is 559 g/mol. The summed E-state index contributed by atoms with van der Waals surface area (Å²) in [6, 6.07) is 13.2. The van der Waals surface area contributed by atoms with Crippen LogP contribution in [0.5, 0.6) is 5.75 Å². The Morgan fingerprint density at radius 1 is 0.816 bits per heavy atom. The van der Waals surface area contributed by atoms with E-state index in [1.807, 2.05) is 26.8 Å². The minimum Gasteiger partial charge on any atom is -0.506 e. The van der Waals surface area contributed by atoms with E-state index in [9.17, 15) is 21.9 Å². The fourth-order valence-electron chi connectivity index (χ4n) is 4.86. The normalized spacial score (nSPS) is 14.0. The van der Waals surface area contributed by atoms with Crippen LogP contribution in [0.2, 0.25) is 0 Å². The molecule has 1 aliphatic rings. The van der Waals surface area contributed by atoms with Crippen molar-refractivity contribution in [3.05, 3.63) is 76.3 Å². The summed E-state index contributed by atoms with van der Waals surface area (Å²) in [4.78, 5) is 2.43. The fraction of sp³-hybridized carbons (Fsp3) is 0.357. The molecule has 1 fully saturated rings. The molecule has 3 aromatic rings. The van der Waals surface area contributed by atoms with Crippen molar-refractivity contribution in [2.24, 2.45) is 5.14 Å². The standard InChI is InChI=1S/C22H30N2O3S.C6H7NO2S/c1-14-11-17(4)22(25)19(12-14)28(26,27)23-20-15(2)13-16(3)21(18(20)5)24-9-7-6-8-10-24;7-10(8,9)6-4-2-1-3-5-6/h11-13,23,25H,6-10H2,1-5H3;1-5H,(H2,7,8,9). The lowest BCUT2D eigenvalue weighted by molar-refractivity contribution is 0.454. The molecule has 0 atom stereocenters. The van der Waals surface area contributed by atoms with Crippen molar-refractivity contribution in [1.29, 1.82) is 0 Å². The van der Waals surface area contributed by atoms with Crippen LogP contribution in [-0.2, 0) is 20.0 Å². The molecule has 8 nitrogen and oxygen atoms in total. The van der Waals surface area contributed by atoms with E-state index in [1.165, 1.54) is 24.6 Å². The lowest BCUT2D eigenvalue weighted by Crippen LogP contribution is -2.31. The van der Waals surface area contributed by atoms with Gasteiger partial charge in [-0.05, 0) is 99.9 Å². The van der Waals surface area contributed by atoms with Crippen molar-refractivity contribution in [3.8, 4) is 5.75 Å². The zero-order valence-corrected chi connectivity index (χ0v) is 24.2. The summed E-state index contributed by atoms with van der Waals surface area (Å²) in [6.45, 7) is 11.5. The van der Waals surface area contributed by atoms with Gasteiger partial charge in [0.25, 0.3) is 10.0 Å². The number of phenolic OH excluding ortho intramolecular Hbond substituents is 1. The number of nitrogens with two attached hydrogens (primary N) is 1. The molecular formula is C28H37N3O5S2. The molecule has 1 saturated heterocycles. The van der Waals surface area contributed by atoms with Crippen molar-refractivity contribution in [2.45, 2.75) is 63.7 Å². The molecule has 0 bridgehead atoms. The van der Waals surface area contributed by atoms with E-state index in [1.54, 1.807) is 31.2 Å². The summed E-state index contributed by atoms with van der Waals surface area (Å²) < 4.78 is 50.2. The largest absolute Gasteiger partial charge is 0.506 e. The van der Waals surface area contributed by atoms with Gasteiger partial charge in [-0.25, -0.2) is 22.0 Å². The molecule has 1 aliphatic heterocycles. The molecule has 4 rings (SSSR count). The Bertz CT molecular complexity index is 1510. The average Bonchev–Trinajstić information content (AvgIpc) is 2.85. The Kier molecular flexibility index (Phi) is 9.12. The maximum absolute atomic E-state index is 13.1. The highest BCUT2D eigenvalue weighted by atomic mass is 32.2. The van der Waals surface area contributed by atoms with Gasteiger partial charge in [0.2, 0.25) is 10.0 Å². The predicted octanol–water partition coefficient (Wildman–Crippen LogP) is 5.06. The molecule has 3 aromatic carbocycles. The van der Waals surface area contributed by atoms with E-state index in [4.69, 9.17) is 5.14 Å². The van der Waals surface area contributed by atoms with Gasteiger partial charge in [0.05, 0.1) is 10.6 Å². The van der Waals surface area contributed by atoms with Gasteiger partial charge in [-0.3, -0.25) is 4.72 Å². The number of benzene rings is 3. The van der Waals surface area contributed by atoms with Crippen LogP contribution < -0.4 is 14.8 Å².